The van der Waals surface area contributed by atoms with Crippen molar-refractivity contribution in [3.63, 3.8) is 0 Å². The predicted octanol–water partition coefficient (Wildman–Crippen LogP) is 1.06. The molecule has 0 spiro atoms. The number of likely N-dealkylation sites (tertiary alicyclic amines) is 1. The lowest BCUT2D eigenvalue weighted by atomic mass is 9.99. The number of piperidine rings is 1. The number of esters is 1. The van der Waals surface area contributed by atoms with E-state index in [9.17, 15) is 9.59 Å². The Hall–Kier alpha value is -1.30. The van der Waals surface area contributed by atoms with Crippen molar-refractivity contribution in [2.24, 2.45) is 0 Å². The number of carbonyl (C=O) groups is 2. The van der Waals surface area contributed by atoms with Crippen LogP contribution in [0.2, 0.25) is 0 Å². The van der Waals surface area contributed by atoms with E-state index < -0.39 is 6.09 Å². The van der Waals surface area contributed by atoms with Gasteiger partial charge < -0.3 is 20.1 Å². The van der Waals surface area contributed by atoms with E-state index in [0.29, 0.717) is 26.1 Å². The molecule has 0 aromatic carbocycles. The summed E-state index contributed by atoms with van der Waals surface area (Å²) in [5.41, 5.74) is 0. The second-order valence-electron chi connectivity index (χ2n) is 4.56. The highest BCUT2D eigenvalue weighted by molar-refractivity contribution is 5.69. The zero-order valence-electron chi connectivity index (χ0n) is 11.0. The van der Waals surface area contributed by atoms with Crippen molar-refractivity contribution in [2.45, 2.75) is 45.2 Å². The quantitative estimate of drug-likeness (QED) is 0.721. The molecule has 18 heavy (non-hydrogen) atoms. The minimum absolute atomic E-state index is 0.0244. The molecule has 104 valence electrons. The normalized spacial score (nSPS) is 23.8. The second kappa shape index (κ2) is 7.20. The van der Waals surface area contributed by atoms with E-state index in [0.717, 1.165) is 12.8 Å². The van der Waals surface area contributed by atoms with Gasteiger partial charge in [-0.3, -0.25) is 4.79 Å². The number of nitrogens with zero attached hydrogens (tertiary/aromatic N) is 1. The first-order valence-corrected chi connectivity index (χ1v) is 6.43. The van der Waals surface area contributed by atoms with Gasteiger partial charge in [-0.05, 0) is 26.7 Å². The van der Waals surface area contributed by atoms with Gasteiger partial charge in [0.15, 0.2) is 0 Å². The molecule has 1 amide bonds. The SMILES string of the molecule is CCOC(=O)CCNC1CCN(C(=O)O)[C@H](C)C1. The van der Waals surface area contributed by atoms with Crippen LogP contribution in [0.1, 0.15) is 33.1 Å². The number of amides is 1. The van der Waals surface area contributed by atoms with E-state index >= 15 is 0 Å². The van der Waals surface area contributed by atoms with Crippen molar-refractivity contribution < 1.29 is 19.4 Å². The molecule has 6 nitrogen and oxygen atoms in total. The molecule has 0 saturated carbocycles. The fourth-order valence-corrected chi connectivity index (χ4v) is 2.25. The average Bonchev–Trinajstić information content (AvgIpc) is 2.29. The minimum atomic E-state index is -0.854. The first-order valence-electron chi connectivity index (χ1n) is 6.43. The monoisotopic (exact) mass is 258 g/mol. The molecule has 1 aliphatic heterocycles. The van der Waals surface area contributed by atoms with Crippen LogP contribution < -0.4 is 5.32 Å². The number of rotatable bonds is 5. The standard InChI is InChI=1S/C12H22N2O4/c1-3-18-11(15)4-6-13-10-5-7-14(12(16)17)9(2)8-10/h9-10,13H,3-8H2,1-2H3,(H,16,17)/t9-,10?/m1/s1. The lowest BCUT2D eigenvalue weighted by molar-refractivity contribution is -0.143. The fraction of sp³-hybridized carbons (Fsp3) is 0.833. The fourth-order valence-electron chi connectivity index (χ4n) is 2.25. The topological polar surface area (TPSA) is 78.9 Å². The van der Waals surface area contributed by atoms with E-state index in [-0.39, 0.29) is 18.1 Å². The third-order valence-corrected chi connectivity index (χ3v) is 3.19. The number of hydrogen-bond donors (Lipinski definition) is 2. The van der Waals surface area contributed by atoms with Crippen LogP contribution in [0, 0.1) is 0 Å². The van der Waals surface area contributed by atoms with Crippen LogP contribution in [0.3, 0.4) is 0 Å². The van der Waals surface area contributed by atoms with Gasteiger partial charge in [-0.15, -0.1) is 0 Å². The van der Waals surface area contributed by atoms with Gasteiger partial charge in [-0.1, -0.05) is 0 Å². The smallest absolute Gasteiger partial charge is 0.407 e. The van der Waals surface area contributed by atoms with Crippen LogP contribution in [0.4, 0.5) is 4.79 Å². The number of carbonyl (C=O) groups excluding carboxylic acids is 1. The molecule has 1 aliphatic rings. The third kappa shape index (κ3) is 4.52. The van der Waals surface area contributed by atoms with E-state index in [4.69, 9.17) is 9.84 Å². The van der Waals surface area contributed by atoms with Crippen molar-refractivity contribution in [2.75, 3.05) is 19.7 Å². The Kier molecular flexibility index (Phi) is 5.91. The Labute approximate surface area is 107 Å². The lowest BCUT2D eigenvalue weighted by Crippen LogP contribution is -2.49. The summed E-state index contributed by atoms with van der Waals surface area (Å²) in [5, 5.41) is 12.2. The molecular weight excluding hydrogens is 236 g/mol. The summed E-state index contributed by atoms with van der Waals surface area (Å²) in [6, 6.07) is 0.307. The van der Waals surface area contributed by atoms with Gasteiger partial charge in [-0.2, -0.15) is 0 Å². The maximum absolute atomic E-state index is 11.1. The van der Waals surface area contributed by atoms with E-state index in [1.54, 1.807) is 6.92 Å². The highest BCUT2D eigenvalue weighted by atomic mass is 16.5. The van der Waals surface area contributed by atoms with Gasteiger partial charge in [0.25, 0.3) is 0 Å². The summed E-state index contributed by atoms with van der Waals surface area (Å²) in [6.07, 6.45) is 1.09. The van der Waals surface area contributed by atoms with Gasteiger partial charge in [0, 0.05) is 25.2 Å². The number of carboxylic acid groups (broad SMARTS) is 1. The van der Waals surface area contributed by atoms with Crippen LogP contribution in [0.25, 0.3) is 0 Å². The van der Waals surface area contributed by atoms with Crippen molar-refractivity contribution in [1.29, 1.82) is 0 Å². The molecule has 1 saturated heterocycles. The first-order chi connectivity index (χ1) is 8.54. The Morgan fingerprint density at radius 3 is 2.78 bits per heavy atom. The van der Waals surface area contributed by atoms with Crippen molar-refractivity contribution in [1.82, 2.24) is 10.2 Å². The molecule has 0 bridgehead atoms. The van der Waals surface area contributed by atoms with Crippen LogP contribution in [0.5, 0.6) is 0 Å². The zero-order valence-corrected chi connectivity index (χ0v) is 11.0. The van der Waals surface area contributed by atoms with Gasteiger partial charge in [-0.25, -0.2) is 4.79 Å². The summed E-state index contributed by atoms with van der Waals surface area (Å²) >= 11 is 0. The maximum Gasteiger partial charge on any atom is 0.407 e. The molecule has 2 N–H and O–H groups in total. The lowest BCUT2D eigenvalue weighted by Gasteiger charge is -2.36. The molecule has 1 fully saturated rings. The molecule has 0 aromatic heterocycles. The maximum atomic E-state index is 11.1. The molecule has 1 heterocycles. The van der Waals surface area contributed by atoms with Crippen LogP contribution in [-0.2, 0) is 9.53 Å². The van der Waals surface area contributed by atoms with Gasteiger partial charge in [0.2, 0.25) is 0 Å². The van der Waals surface area contributed by atoms with Crippen LogP contribution in [0.15, 0.2) is 0 Å². The number of nitrogens with one attached hydrogen (secondary N) is 1. The van der Waals surface area contributed by atoms with Crippen LogP contribution in [-0.4, -0.2) is 53.8 Å². The summed E-state index contributed by atoms with van der Waals surface area (Å²) in [6.45, 7) is 5.24. The molecule has 0 aromatic rings. The predicted molar refractivity (Wildman–Crippen MR) is 66.5 cm³/mol. The van der Waals surface area contributed by atoms with Crippen molar-refractivity contribution in [3.05, 3.63) is 0 Å². The summed E-state index contributed by atoms with van der Waals surface area (Å²) in [5.74, 6) is -0.193. The van der Waals surface area contributed by atoms with Crippen molar-refractivity contribution in [3.8, 4) is 0 Å². The average molecular weight is 258 g/mol. The van der Waals surface area contributed by atoms with E-state index in [2.05, 4.69) is 5.32 Å². The Balaban J connectivity index is 2.22. The molecule has 0 radical (unpaired) electrons. The van der Waals surface area contributed by atoms with Gasteiger partial charge >= 0.3 is 12.1 Å². The highest BCUT2D eigenvalue weighted by Crippen LogP contribution is 2.17. The second-order valence-corrected chi connectivity index (χ2v) is 4.56. The molecule has 1 rings (SSSR count). The highest BCUT2D eigenvalue weighted by Gasteiger charge is 2.28. The molecule has 0 aliphatic carbocycles. The van der Waals surface area contributed by atoms with E-state index in [1.807, 2.05) is 6.92 Å². The third-order valence-electron chi connectivity index (χ3n) is 3.19. The van der Waals surface area contributed by atoms with Gasteiger partial charge in [0.05, 0.1) is 13.0 Å². The van der Waals surface area contributed by atoms with Crippen molar-refractivity contribution >= 4 is 12.1 Å². The number of hydrogen-bond acceptors (Lipinski definition) is 4. The Morgan fingerprint density at radius 1 is 1.50 bits per heavy atom. The molecule has 2 atom stereocenters. The Morgan fingerprint density at radius 2 is 2.22 bits per heavy atom. The molecule has 6 heteroatoms. The molecular formula is C12H22N2O4. The van der Waals surface area contributed by atoms with E-state index in [1.165, 1.54) is 4.90 Å². The molecule has 1 unspecified atom stereocenters. The Bertz CT molecular complexity index is 296. The largest absolute Gasteiger partial charge is 0.466 e. The minimum Gasteiger partial charge on any atom is -0.466 e. The van der Waals surface area contributed by atoms with Crippen LogP contribution >= 0.6 is 0 Å². The van der Waals surface area contributed by atoms with Gasteiger partial charge in [0.1, 0.15) is 0 Å². The zero-order chi connectivity index (χ0) is 13.5. The summed E-state index contributed by atoms with van der Waals surface area (Å²) in [7, 11) is 0. The number of ether oxygens (including phenoxy) is 1. The summed E-state index contributed by atoms with van der Waals surface area (Å²) in [4.78, 5) is 23.5. The summed E-state index contributed by atoms with van der Waals surface area (Å²) < 4.78 is 4.84. The first kappa shape index (κ1) is 14.8.